The van der Waals surface area contributed by atoms with Gasteiger partial charge in [-0.15, -0.1) is 11.8 Å². The van der Waals surface area contributed by atoms with Crippen molar-refractivity contribution in [2.24, 2.45) is 0 Å². The summed E-state index contributed by atoms with van der Waals surface area (Å²) < 4.78 is 0. The summed E-state index contributed by atoms with van der Waals surface area (Å²) in [6, 6.07) is 0.647. The average Bonchev–Trinajstić information content (AvgIpc) is 2.05. The second kappa shape index (κ2) is 5.18. The number of piperazine rings is 1. The SMILES string of the molecule is CC#CCCN1CCN[C@H](C)C1. The highest BCUT2D eigenvalue weighted by Crippen LogP contribution is 1.98. The molecule has 1 saturated heterocycles. The lowest BCUT2D eigenvalue weighted by molar-refractivity contribution is 0.211. The van der Waals surface area contributed by atoms with Crippen LogP contribution in [-0.4, -0.2) is 37.1 Å². The first-order valence-corrected chi connectivity index (χ1v) is 4.68. The van der Waals surface area contributed by atoms with Crippen molar-refractivity contribution in [3.8, 4) is 11.8 Å². The van der Waals surface area contributed by atoms with Crippen LogP contribution in [0.5, 0.6) is 0 Å². The lowest BCUT2D eigenvalue weighted by atomic mass is 10.2. The summed E-state index contributed by atoms with van der Waals surface area (Å²) in [7, 11) is 0. The second-order valence-electron chi connectivity index (χ2n) is 3.33. The molecule has 12 heavy (non-hydrogen) atoms. The van der Waals surface area contributed by atoms with Crippen LogP contribution in [0.3, 0.4) is 0 Å². The molecule has 0 radical (unpaired) electrons. The zero-order chi connectivity index (χ0) is 8.81. The summed E-state index contributed by atoms with van der Waals surface area (Å²) in [6.07, 6.45) is 1.02. The fourth-order valence-electron chi connectivity index (χ4n) is 1.55. The molecule has 1 heterocycles. The van der Waals surface area contributed by atoms with Crippen molar-refractivity contribution >= 4 is 0 Å². The van der Waals surface area contributed by atoms with Crippen LogP contribution in [0.1, 0.15) is 20.3 Å². The summed E-state index contributed by atoms with van der Waals surface area (Å²) in [6.45, 7) is 8.74. The fourth-order valence-corrected chi connectivity index (χ4v) is 1.55. The molecular weight excluding hydrogens is 148 g/mol. The van der Waals surface area contributed by atoms with Gasteiger partial charge in [0.2, 0.25) is 0 Å². The van der Waals surface area contributed by atoms with Gasteiger partial charge in [-0.25, -0.2) is 0 Å². The van der Waals surface area contributed by atoms with Crippen LogP contribution in [-0.2, 0) is 0 Å². The van der Waals surface area contributed by atoms with E-state index in [0.29, 0.717) is 6.04 Å². The Balaban J connectivity index is 2.17. The average molecular weight is 166 g/mol. The molecule has 0 aliphatic carbocycles. The van der Waals surface area contributed by atoms with Gasteiger partial charge in [-0.2, -0.15) is 0 Å². The smallest absolute Gasteiger partial charge is 0.0216 e. The van der Waals surface area contributed by atoms with Crippen LogP contribution >= 0.6 is 0 Å². The van der Waals surface area contributed by atoms with E-state index in [1.807, 2.05) is 6.92 Å². The highest BCUT2D eigenvalue weighted by molar-refractivity contribution is 4.95. The Morgan fingerprint density at radius 3 is 3.08 bits per heavy atom. The zero-order valence-corrected chi connectivity index (χ0v) is 8.06. The van der Waals surface area contributed by atoms with E-state index in [2.05, 4.69) is 29.0 Å². The standard InChI is InChI=1S/C10H18N2/c1-3-4-5-7-12-8-6-11-10(2)9-12/h10-11H,5-9H2,1-2H3/t10-/m1/s1. The van der Waals surface area contributed by atoms with Crippen LogP contribution in [0.2, 0.25) is 0 Å². The molecule has 1 fully saturated rings. The van der Waals surface area contributed by atoms with Gasteiger partial charge in [0.05, 0.1) is 0 Å². The number of nitrogens with zero attached hydrogens (tertiary/aromatic N) is 1. The minimum absolute atomic E-state index is 0.647. The second-order valence-corrected chi connectivity index (χ2v) is 3.33. The molecule has 0 aromatic rings. The van der Waals surface area contributed by atoms with E-state index in [1.165, 1.54) is 13.1 Å². The Morgan fingerprint density at radius 1 is 1.58 bits per heavy atom. The largest absolute Gasteiger partial charge is 0.312 e. The van der Waals surface area contributed by atoms with Crippen molar-refractivity contribution in [3.05, 3.63) is 0 Å². The van der Waals surface area contributed by atoms with Gasteiger partial charge in [-0.3, -0.25) is 4.90 Å². The molecule has 68 valence electrons. The molecule has 1 rings (SSSR count). The molecule has 1 aliphatic rings. The molecule has 0 spiro atoms. The van der Waals surface area contributed by atoms with Gasteiger partial charge in [0.15, 0.2) is 0 Å². The predicted molar refractivity (Wildman–Crippen MR) is 52.0 cm³/mol. The molecule has 1 aliphatic heterocycles. The van der Waals surface area contributed by atoms with Gasteiger partial charge in [-0.1, -0.05) is 0 Å². The highest BCUT2D eigenvalue weighted by atomic mass is 15.2. The van der Waals surface area contributed by atoms with E-state index in [-0.39, 0.29) is 0 Å². The first kappa shape index (κ1) is 9.57. The number of nitrogens with one attached hydrogen (secondary N) is 1. The number of hydrogen-bond donors (Lipinski definition) is 1. The quantitative estimate of drug-likeness (QED) is 0.607. The minimum atomic E-state index is 0.647. The molecule has 0 aromatic heterocycles. The van der Waals surface area contributed by atoms with Gasteiger partial charge in [0.1, 0.15) is 0 Å². The highest BCUT2D eigenvalue weighted by Gasteiger charge is 2.13. The summed E-state index contributed by atoms with van der Waals surface area (Å²) >= 11 is 0. The van der Waals surface area contributed by atoms with Gasteiger partial charge >= 0.3 is 0 Å². The van der Waals surface area contributed by atoms with Crippen molar-refractivity contribution in [3.63, 3.8) is 0 Å². The van der Waals surface area contributed by atoms with E-state index in [0.717, 1.165) is 19.5 Å². The van der Waals surface area contributed by atoms with Crippen LogP contribution in [0.4, 0.5) is 0 Å². The molecule has 2 heteroatoms. The third kappa shape index (κ3) is 3.25. The first-order chi connectivity index (χ1) is 5.83. The van der Waals surface area contributed by atoms with Gasteiger partial charge < -0.3 is 5.32 Å². The normalized spacial score (nSPS) is 24.7. The topological polar surface area (TPSA) is 15.3 Å². The number of hydrogen-bond acceptors (Lipinski definition) is 2. The van der Waals surface area contributed by atoms with Crippen LogP contribution in [0.25, 0.3) is 0 Å². The minimum Gasteiger partial charge on any atom is -0.312 e. The predicted octanol–water partition coefficient (Wildman–Crippen LogP) is 0.694. The Kier molecular flexibility index (Phi) is 4.13. The third-order valence-electron chi connectivity index (χ3n) is 2.18. The first-order valence-electron chi connectivity index (χ1n) is 4.68. The summed E-state index contributed by atoms with van der Waals surface area (Å²) in [5, 5.41) is 3.42. The van der Waals surface area contributed by atoms with E-state index in [4.69, 9.17) is 0 Å². The Morgan fingerprint density at radius 2 is 2.42 bits per heavy atom. The van der Waals surface area contributed by atoms with E-state index in [9.17, 15) is 0 Å². The maximum atomic E-state index is 3.42. The van der Waals surface area contributed by atoms with Gasteiger partial charge in [-0.05, 0) is 13.8 Å². The van der Waals surface area contributed by atoms with E-state index >= 15 is 0 Å². The van der Waals surface area contributed by atoms with Gasteiger partial charge in [0.25, 0.3) is 0 Å². The lowest BCUT2D eigenvalue weighted by Gasteiger charge is -2.31. The van der Waals surface area contributed by atoms with Crippen LogP contribution in [0.15, 0.2) is 0 Å². The lowest BCUT2D eigenvalue weighted by Crippen LogP contribution is -2.49. The molecule has 0 unspecified atom stereocenters. The van der Waals surface area contributed by atoms with Crippen molar-refractivity contribution in [1.82, 2.24) is 10.2 Å². The number of rotatable bonds is 2. The summed E-state index contributed by atoms with van der Waals surface area (Å²) in [5.41, 5.74) is 0. The Bertz CT molecular complexity index is 178. The van der Waals surface area contributed by atoms with Crippen molar-refractivity contribution in [2.45, 2.75) is 26.3 Å². The van der Waals surface area contributed by atoms with Crippen LogP contribution in [0, 0.1) is 11.8 Å². The zero-order valence-electron chi connectivity index (χ0n) is 8.06. The summed E-state index contributed by atoms with van der Waals surface area (Å²) in [5.74, 6) is 6.02. The van der Waals surface area contributed by atoms with Crippen molar-refractivity contribution in [1.29, 1.82) is 0 Å². The fraction of sp³-hybridized carbons (Fsp3) is 0.800. The molecule has 1 N–H and O–H groups in total. The third-order valence-corrected chi connectivity index (χ3v) is 2.18. The molecular formula is C10H18N2. The Hall–Kier alpha value is -0.520. The maximum Gasteiger partial charge on any atom is 0.0216 e. The monoisotopic (exact) mass is 166 g/mol. The molecule has 0 aromatic carbocycles. The molecule has 0 saturated carbocycles. The summed E-state index contributed by atoms with van der Waals surface area (Å²) in [4.78, 5) is 2.48. The Labute approximate surface area is 75.3 Å². The molecule has 1 atom stereocenters. The van der Waals surface area contributed by atoms with E-state index in [1.54, 1.807) is 0 Å². The van der Waals surface area contributed by atoms with Gasteiger partial charge in [0, 0.05) is 38.6 Å². The molecule has 0 bridgehead atoms. The molecule has 0 amide bonds. The van der Waals surface area contributed by atoms with E-state index < -0.39 is 0 Å². The molecule has 2 nitrogen and oxygen atoms in total. The maximum absolute atomic E-state index is 3.42. The van der Waals surface area contributed by atoms with Crippen molar-refractivity contribution in [2.75, 3.05) is 26.2 Å². The van der Waals surface area contributed by atoms with Crippen molar-refractivity contribution < 1.29 is 0 Å². The van der Waals surface area contributed by atoms with Crippen LogP contribution < -0.4 is 5.32 Å².